The van der Waals surface area contributed by atoms with Crippen LogP contribution in [0.1, 0.15) is 43.5 Å². The average molecular weight is 617 g/mol. The van der Waals surface area contributed by atoms with Crippen LogP contribution in [0.2, 0.25) is 5.02 Å². The molecule has 5 rings (SSSR count). The number of nitro groups is 1. The molecule has 4 aromatic rings. The highest BCUT2D eigenvalue weighted by molar-refractivity contribution is 7.07. The smallest absolute Gasteiger partial charge is 0.271 e. The molecule has 0 saturated carbocycles. The van der Waals surface area contributed by atoms with Crippen LogP contribution in [0.15, 0.2) is 93.9 Å². The SMILES string of the molecule is CCN(CC)C(=O)C1=C(C)N=c2s/c(=C/c3ccc(OCc4ccc([N+](=O)[O-])cc4)cc3)c(=O)n2[C@H]1c1ccc(Cl)cc1. The lowest BCUT2D eigenvalue weighted by Crippen LogP contribution is -2.43. The maximum absolute atomic E-state index is 13.9. The van der Waals surface area contributed by atoms with Gasteiger partial charge in [-0.1, -0.05) is 47.2 Å². The van der Waals surface area contributed by atoms with Gasteiger partial charge >= 0.3 is 0 Å². The van der Waals surface area contributed by atoms with Crippen molar-refractivity contribution >= 4 is 40.6 Å². The Labute approximate surface area is 256 Å². The molecular weight excluding hydrogens is 588 g/mol. The largest absolute Gasteiger partial charge is 0.489 e. The van der Waals surface area contributed by atoms with Crippen LogP contribution in [0.25, 0.3) is 6.08 Å². The van der Waals surface area contributed by atoms with Gasteiger partial charge in [-0.3, -0.25) is 24.3 Å². The molecule has 0 fully saturated rings. The predicted molar refractivity (Wildman–Crippen MR) is 167 cm³/mol. The molecule has 0 saturated heterocycles. The molecule has 1 aliphatic rings. The number of thiazole rings is 1. The molecule has 43 heavy (non-hydrogen) atoms. The Morgan fingerprint density at radius 3 is 2.33 bits per heavy atom. The number of hydrogen-bond acceptors (Lipinski definition) is 7. The number of allylic oxidation sites excluding steroid dienone is 1. The van der Waals surface area contributed by atoms with E-state index in [2.05, 4.69) is 0 Å². The summed E-state index contributed by atoms with van der Waals surface area (Å²) in [4.78, 5) is 44.9. The molecule has 0 N–H and O–H groups in total. The Morgan fingerprint density at radius 1 is 1.07 bits per heavy atom. The topological polar surface area (TPSA) is 107 Å². The summed E-state index contributed by atoms with van der Waals surface area (Å²) in [5, 5.41) is 11.4. The standard InChI is InChI=1S/C32H29ClN4O5S/c1-4-35(5-2)31(39)28-20(3)34-32-36(29(28)23-10-12-24(33)13-11-23)30(38)27(43-32)18-21-8-16-26(17-9-21)42-19-22-6-14-25(15-7-22)37(40)41/h6-18,29H,4-5,19H2,1-3H3/b27-18+/t29-/m0/s1. The Balaban J connectivity index is 1.46. The molecule has 1 aliphatic heterocycles. The highest BCUT2D eigenvalue weighted by Gasteiger charge is 2.34. The second kappa shape index (κ2) is 12.8. The highest BCUT2D eigenvalue weighted by Crippen LogP contribution is 2.32. The van der Waals surface area contributed by atoms with Gasteiger partial charge in [-0.15, -0.1) is 0 Å². The van der Waals surface area contributed by atoms with E-state index in [1.54, 1.807) is 51.9 Å². The van der Waals surface area contributed by atoms with E-state index in [-0.39, 0.29) is 23.8 Å². The summed E-state index contributed by atoms with van der Waals surface area (Å²) >= 11 is 7.44. The van der Waals surface area contributed by atoms with Gasteiger partial charge in [0.2, 0.25) is 0 Å². The number of rotatable bonds is 9. The second-order valence-electron chi connectivity index (χ2n) is 9.89. The number of nitrogens with zero attached hydrogens (tertiary/aromatic N) is 4. The molecule has 1 aromatic heterocycles. The number of non-ortho nitro benzene ring substituents is 1. The quantitative estimate of drug-likeness (QED) is 0.189. The van der Waals surface area contributed by atoms with Crippen LogP contribution < -0.4 is 19.6 Å². The minimum absolute atomic E-state index is 0.0275. The molecule has 3 aromatic carbocycles. The molecule has 0 spiro atoms. The first-order chi connectivity index (χ1) is 20.7. The van der Waals surface area contributed by atoms with E-state index in [0.29, 0.717) is 44.5 Å². The van der Waals surface area contributed by atoms with E-state index in [1.165, 1.54) is 23.5 Å². The fourth-order valence-electron chi connectivity index (χ4n) is 4.93. The van der Waals surface area contributed by atoms with Gasteiger partial charge in [0, 0.05) is 30.2 Å². The lowest BCUT2D eigenvalue weighted by atomic mass is 9.94. The van der Waals surface area contributed by atoms with E-state index in [0.717, 1.165) is 16.7 Å². The van der Waals surface area contributed by atoms with Crippen LogP contribution in [0.3, 0.4) is 0 Å². The number of benzene rings is 3. The molecule has 0 bridgehead atoms. The summed E-state index contributed by atoms with van der Waals surface area (Å²) in [6.45, 7) is 7.00. The summed E-state index contributed by atoms with van der Waals surface area (Å²) < 4.78 is 7.92. The van der Waals surface area contributed by atoms with Gasteiger partial charge in [-0.25, -0.2) is 4.99 Å². The maximum atomic E-state index is 13.9. The lowest BCUT2D eigenvalue weighted by Gasteiger charge is -2.29. The number of halogens is 1. The maximum Gasteiger partial charge on any atom is 0.271 e. The number of amides is 1. The predicted octanol–water partition coefficient (Wildman–Crippen LogP) is 5.24. The minimum Gasteiger partial charge on any atom is -0.489 e. The Morgan fingerprint density at radius 2 is 1.72 bits per heavy atom. The molecule has 9 nitrogen and oxygen atoms in total. The van der Waals surface area contributed by atoms with Crippen molar-refractivity contribution in [3.8, 4) is 5.75 Å². The van der Waals surface area contributed by atoms with E-state index < -0.39 is 11.0 Å². The van der Waals surface area contributed by atoms with Crippen molar-refractivity contribution in [2.75, 3.05) is 13.1 Å². The fourth-order valence-corrected chi connectivity index (χ4v) is 6.10. The molecule has 1 amide bonds. The highest BCUT2D eigenvalue weighted by atomic mass is 35.5. The molecule has 0 radical (unpaired) electrons. The molecule has 0 aliphatic carbocycles. The van der Waals surface area contributed by atoms with E-state index in [1.807, 2.05) is 45.0 Å². The average Bonchev–Trinajstić information content (AvgIpc) is 3.31. The molecule has 220 valence electrons. The van der Waals surface area contributed by atoms with E-state index in [4.69, 9.17) is 21.3 Å². The van der Waals surface area contributed by atoms with Crippen molar-refractivity contribution in [3.05, 3.63) is 136 Å². The van der Waals surface area contributed by atoms with E-state index >= 15 is 0 Å². The number of hydrogen-bond donors (Lipinski definition) is 0. The van der Waals surface area contributed by atoms with Gasteiger partial charge in [0.1, 0.15) is 12.4 Å². The zero-order chi connectivity index (χ0) is 30.7. The normalized spacial score (nSPS) is 14.7. The van der Waals surface area contributed by atoms with Crippen LogP contribution in [-0.4, -0.2) is 33.4 Å². The van der Waals surface area contributed by atoms with Crippen LogP contribution in [0.5, 0.6) is 5.75 Å². The van der Waals surface area contributed by atoms with Crippen LogP contribution in [0.4, 0.5) is 5.69 Å². The van der Waals surface area contributed by atoms with Crippen molar-refractivity contribution in [3.63, 3.8) is 0 Å². The number of likely N-dealkylation sites (N-methyl/N-ethyl adjacent to an activating group) is 1. The van der Waals surface area contributed by atoms with Crippen LogP contribution >= 0.6 is 22.9 Å². The summed E-state index contributed by atoms with van der Waals surface area (Å²) in [6.07, 6.45) is 1.80. The lowest BCUT2D eigenvalue weighted by molar-refractivity contribution is -0.384. The van der Waals surface area contributed by atoms with Crippen molar-refractivity contribution in [1.29, 1.82) is 0 Å². The molecule has 2 heterocycles. The zero-order valence-electron chi connectivity index (χ0n) is 23.8. The first-order valence-electron chi connectivity index (χ1n) is 13.7. The van der Waals surface area contributed by atoms with Crippen molar-refractivity contribution in [2.45, 2.75) is 33.4 Å². The number of ether oxygens (including phenoxy) is 1. The third-order valence-electron chi connectivity index (χ3n) is 7.22. The monoisotopic (exact) mass is 616 g/mol. The Hall–Kier alpha value is -4.54. The summed E-state index contributed by atoms with van der Waals surface area (Å²) in [5.41, 5.74) is 3.22. The summed E-state index contributed by atoms with van der Waals surface area (Å²) in [5.74, 6) is 0.472. The first kappa shape index (κ1) is 29.9. The second-order valence-corrected chi connectivity index (χ2v) is 11.3. The number of carbonyl (C=O) groups is 1. The van der Waals surface area contributed by atoms with Gasteiger partial charge in [0.05, 0.1) is 26.8 Å². The Kier molecular flexibility index (Phi) is 8.89. The van der Waals surface area contributed by atoms with Crippen molar-refractivity contribution in [2.24, 2.45) is 4.99 Å². The van der Waals surface area contributed by atoms with Gasteiger partial charge in [-0.05, 0) is 79.9 Å². The summed E-state index contributed by atoms with van der Waals surface area (Å²) in [6, 6.07) is 20.1. The zero-order valence-corrected chi connectivity index (χ0v) is 25.4. The molecule has 1 atom stereocenters. The van der Waals surface area contributed by atoms with Gasteiger partial charge in [0.25, 0.3) is 17.2 Å². The van der Waals surface area contributed by atoms with Crippen molar-refractivity contribution in [1.82, 2.24) is 9.47 Å². The number of carbonyl (C=O) groups excluding carboxylic acids is 1. The van der Waals surface area contributed by atoms with Gasteiger partial charge in [0.15, 0.2) is 4.80 Å². The third-order valence-corrected chi connectivity index (χ3v) is 8.45. The first-order valence-corrected chi connectivity index (χ1v) is 14.9. The van der Waals surface area contributed by atoms with E-state index in [9.17, 15) is 19.7 Å². The molecular formula is C32H29ClN4O5S. The number of fused-ring (bicyclic) bond motifs is 1. The third kappa shape index (κ3) is 6.30. The number of aromatic nitrogens is 1. The Bertz CT molecular complexity index is 1870. The summed E-state index contributed by atoms with van der Waals surface area (Å²) in [7, 11) is 0. The molecule has 11 heteroatoms. The van der Waals surface area contributed by atoms with Crippen LogP contribution in [-0.2, 0) is 11.4 Å². The fraction of sp³-hybridized carbons (Fsp3) is 0.219. The minimum atomic E-state index is -0.640. The van der Waals surface area contributed by atoms with Crippen molar-refractivity contribution < 1.29 is 14.5 Å². The molecule has 0 unspecified atom stereocenters. The van der Waals surface area contributed by atoms with Crippen LogP contribution in [0, 0.1) is 10.1 Å². The van der Waals surface area contributed by atoms with Gasteiger partial charge in [-0.2, -0.15) is 0 Å². The number of nitro benzene ring substituents is 1. The van der Waals surface area contributed by atoms with Gasteiger partial charge < -0.3 is 9.64 Å².